The van der Waals surface area contributed by atoms with E-state index in [2.05, 4.69) is 16.7 Å². The Labute approximate surface area is 114 Å². The van der Waals surface area contributed by atoms with Gasteiger partial charge in [0.15, 0.2) is 0 Å². The number of carbonyl (C=O) groups is 1. The fraction of sp³-hybridized carbons (Fsp3) is 0.533. The van der Waals surface area contributed by atoms with E-state index in [-0.39, 0.29) is 30.4 Å². The average Bonchev–Trinajstić information content (AvgIpc) is 2.81. The molecule has 0 saturated heterocycles. The molecule has 1 heterocycles. The fourth-order valence-electron chi connectivity index (χ4n) is 2.38. The van der Waals surface area contributed by atoms with E-state index in [1.165, 1.54) is 5.56 Å². The first-order valence-electron chi connectivity index (χ1n) is 6.84. The van der Waals surface area contributed by atoms with Crippen molar-refractivity contribution in [2.75, 3.05) is 18.5 Å². The highest BCUT2D eigenvalue weighted by molar-refractivity contribution is 5.78. The van der Waals surface area contributed by atoms with Gasteiger partial charge in [0, 0.05) is 37.2 Å². The quantitative estimate of drug-likeness (QED) is 0.757. The van der Waals surface area contributed by atoms with Crippen molar-refractivity contribution in [1.29, 1.82) is 0 Å². The minimum absolute atomic E-state index is 0.00195. The molecule has 4 heteroatoms. The average molecular weight is 262 g/mol. The first-order chi connectivity index (χ1) is 9.11. The number of aliphatic hydroxyl groups is 1. The summed E-state index contributed by atoms with van der Waals surface area (Å²) in [6.07, 6.45) is 0.493. The summed E-state index contributed by atoms with van der Waals surface area (Å²) in [7, 11) is 0. The molecule has 0 radical (unpaired) electrons. The van der Waals surface area contributed by atoms with Gasteiger partial charge >= 0.3 is 0 Å². The highest BCUT2D eigenvalue weighted by atomic mass is 16.3. The molecule has 1 aliphatic rings. The molecule has 0 saturated carbocycles. The van der Waals surface area contributed by atoms with Crippen LogP contribution in [0.15, 0.2) is 24.3 Å². The maximum Gasteiger partial charge on any atom is 0.220 e. The summed E-state index contributed by atoms with van der Waals surface area (Å²) < 4.78 is 0. The van der Waals surface area contributed by atoms with Crippen molar-refractivity contribution in [2.45, 2.75) is 32.2 Å². The number of benzene rings is 1. The van der Waals surface area contributed by atoms with Crippen LogP contribution in [0, 0.1) is 5.92 Å². The molecule has 1 amide bonds. The minimum Gasteiger partial charge on any atom is -0.396 e. The lowest BCUT2D eigenvalue weighted by atomic mass is 9.97. The zero-order chi connectivity index (χ0) is 13.8. The molecule has 0 spiro atoms. The zero-order valence-electron chi connectivity index (χ0n) is 11.5. The van der Waals surface area contributed by atoms with E-state index in [0.717, 1.165) is 12.2 Å². The second-order valence-corrected chi connectivity index (χ2v) is 5.39. The molecule has 1 aromatic carbocycles. The van der Waals surface area contributed by atoms with Gasteiger partial charge in [-0.25, -0.2) is 0 Å². The highest BCUT2D eigenvalue weighted by Crippen LogP contribution is 2.33. The van der Waals surface area contributed by atoms with Crippen LogP contribution in [0.2, 0.25) is 0 Å². The fourth-order valence-corrected chi connectivity index (χ4v) is 2.38. The lowest BCUT2D eigenvalue weighted by Crippen LogP contribution is -2.39. The molecule has 3 atom stereocenters. The van der Waals surface area contributed by atoms with Crippen molar-refractivity contribution in [3.8, 4) is 0 Å². The molecule has 0 fully saturated rings. The van der Waals surface area contributed by atoms with Crippen LogP contribution in [0.3, 0.4) is 0 Å². The molecule has 19 heavy (non-hydrogen) atoms. The number of aliphatic hydroxyl groups excluding tert-OH is 1. The van der Waals surface area contributed by atoms with Gasteiger partial charge in [0.1, 0.15) is 0 Å². The molecule has 0 aliphatic carbocycles. The summed E-state index contributed by atoms with van der Waals surface area (Å²) in [6.45, 7) is 4.77. The van der Waals surface area contributed by atoms with E-state index in [0.29, 0.717) is 6.42 Å². The molecule has 0 bridgehead atoms. The van der Waals surface area contributed by atoms with Gasteiger partial charge < -0.3 is 15.7 Å². The van der Waals surface area contributed by atoms with Crippen LogP contribution < -0.4 is 10.6 Å². The number of nitrogens with one attached hydrogen (secondary N) is 2. The largest absolute Gasteiger partial charge is 0.396 e. The maximum absolute atomic E-state index is 12.0. The van der Waals surface area contributed by atoms with Crippen molar-refractivity contribution >= 4 is 11.6 Å². The number of anilines is 1. The number of fused-ring (bicyclic) bond motifs is 1. The first-order valence-corrected chi connectivity index (χ1v) is 6.84. The van der Waals surface area contributed by atoms with Gasteiger partial charge in [0.2, 0.25) is 5.91 Å². The van der Waals surface area contributed by atoms with Gasteiger partial charge in [0.25, 0.3) is 0 Å². The summed E-state index contributed by atoms with van der Waals surface area (Å²) in [4.78, 5) is 12.0. The highest BCUT2D eigenvalue weighted by Gasteiger charge is 2.24. The van der Waals surface area contributed by atoms with Crippen molar-refractivity contribution in [3.05, 3.63) is 29.8 Å². The standard InChI is InChI=1S/C15H22N2O2/c1-10(9-18)11(2)17-15(19)7-12-8-16-14-6-4-3-5-13(12)14/h3-6,10-12,16,18H,7-9H2,1-2H3,(H,17,19). The predicted octanol–water partition coefficient (Wildman–Crippen LogP) is 1.72. The van der Waals surface area contributed by atoms with Crippen molar-refractivity contribution in [1.82, 2.24) is 5.32 Å². The van der Waals surface area contributed by atoms with Crippen LogP contribution in [0.5, 0.6) is 0 Å². The lowest BCUT2D eigenvalue weighted by molar-refractivity contribution is -0.122. The monoisotopic (exact) mass is 262 g/mol. The SMILES string of the molecule is CC(CO)C(C)NC(=O)CC1CNc2ccccc21. The third-order valence-electron chi connectivity index (χ3n) is 3.90. The van der Waals surface area contributed by atoms with E-state index in [4.69, 9.17) is 5.11 Å². The molecule has 0 aromatic heterocycles. The Morgan fingerprint density at radius 1 is 1.47 bits per heavy atom. The number of hydrogen-bond acceptors (Lipinski definition) is 3. The molecule has 1 aliphatic heterocycles. The Morgan fingerprint density at radius 3 is 2.95 bits per heavy atom. The van der Waals surface area contributed by atoms with Crippen molar-refractivity contribution in [2.24, 2.45) is 5.92 Å². The second kappa shape index (κ2) is 6.06. The van der Waals surface area contributed by atoms with Crippen molar-refractivity contribution in [3.63, 3.8) is 0 Å². The Balaban J connectivity index is 1.91. The lowest BCUT2D eigenvalue weighted by Gasteiger charge is -2.20. The van der Waals surface area contributed by atoms with E-state index in [9.17, 15) is 4.79 Å². The van der Waals surface area contributed by atoms with E-state index in [1.54, 1.807) is 0 Å². The second-order valence-electron chi connectivity index (χ2n) is 5.39. The number of amides is 1. The van der Waals surface area contributed by atoms with Crippen LogP contribution in [-0.4, -0.2) is 30.2 Å². The van der Waals surface area contributed by atoms with Gasteiger partial charge in [-0.15, -0.1) is 0 Å². The summed E-state index contributed by atoms with van der Waals surface area (Å²) >= 11 is 0. The number of para-hydroxylation sites is 1. The van der Waals surface area contributed by atoms with E-state index < -0.39 is 0 Å². The van der Waals surface area contributed by atoms with E-state index in [1.807, 2.05) is 32.0 Å². The molecule has 2 rings (SSSR count). The van der Waals surface area contributed by atoms with Gasteiger partial charge in [0.05, 0.1) is 0 Å². The summed E-state index contributed by atoms with van der Waals surface area (Å²) in [5.41, 5.74) is 2.36. The Kier molecular flexibility index (Phi) is 4.43. The van der Waals surface area contributed by atoms with Crippen LogP contribution in [0.25, 0.3) is 0 Å². The zero-order valence-corrected chi connectivity index (χ0v) is 11.5. The molecular weight excluding hydrogens is 240 g/mol. The molecule has 3 unspecified atom stereocenters. The molecule has 3 N–H and O–H groups in total. The number of hydrogen-bond donors (Lipinski definition) is 3. The summed E-state index contributed by atoms with van der Waals surface area (Å²) in [5.74, 6) is 0.377. The Hall–Kier alpha value is -1.55. The first kappa shape index (κ1) is 13.9. The molecule has 4 nitrogen and oxygen atoms in total. The Bertz CT molecular complexity index is 448. The van der Waals surface area contributed by atoms with Crippen LogP contribution in [0.1, 0.15) is 31.7 Å². The van der Waals surface area contributed by atoms with Gasteiger partial charge in [-0.1, -0.05) is 25.1 Å². The van der Waals surface area contributed by atoms with Crippen LogP contribution in [-0.2, 0) is 4.79 Å². The molecule has 104 valence electrons. The van der Waals surface area contributed by atoms with Gasteiger partial charge in [-0.3, -0.25) is 4.79 Å². The predicted molar refractivity (Wildman–Crippen MR) is 76.1 cm³/mol. The summed E-state index contributed by atoms with van der Waals surface area (Å²) in [6, 6.07) is 8.13. The van der Waals surface area contributed by atoms with Crippen molar-refractivity contribution < 1.29 is 9.90 Å². The smallest absolute Gasteiger partial charge is 0.220 e. The normalized spacial score (nSPS) is 20.3. The topological polar surface area (TPSA) is 61.4 Å². The van der Waals surface area contributed by atoms with E-state index >= 15 is 0 Å². The van der Waals surface area contributed by atoms with Crippen LogP contribution >= 0.6 is 0 Å². The number of carbonyl (C=O) groups excluding carboxylic acids is 1. The summed E-state index contributed by atoms with van der Waals surface area (Å²) in [5, 5.41) is 15.4. The Morgan fingerprint density at radius 2 is 2.21 bits per heavy atom. The molecular formula is C15H22N2O2. The van der Waals surface area contributed by atoms with Gasteiger partial charge in [-0.05, 0) is 24.5 Å². The van der Waals surface area contributed by atoms with Gasteiger partial charge in [-0.2, -0.15) is 0 Å². The molecule has 1 aromatic rings. The third-order valence-corrected chi connectivity index (χ3v) is 3.90. The number of rotatable bonds is 5. The third kappa shape index (κ3) is 3.26. The van der Waals surface area contributed by atoms with Crippen LogP contribution in [0.4, 0.5) is 5.69 Å². The minimum atomic E-state index is 0.00195. The maximum atomic E-state index is 12.0.